The summed E-state index contributed by atoms with van der Waals surface area (Å²) >= 11 is 5.89. The van der Waals surface area contributed by atoms with E-state index < -0.39 is 0 Å². The zero-order valence-corrected chi connectivity index (χ0v) is 13.6. The number of nitrogens with zero attached hydrogens (tertiary/aromatic N) is 2. The average Bonchev–Trinajstić information content (AvgIpc) is 3.33. The van der Waals surface area contributed by atoms with E-state index in [1.54, 1.807) is 11.0 Å². The molecule has 7 heteroatoms. The Morgan fingerprint density at radius 2 is 1.91 bits per heavy atom. The van der Waals surface area contributed by atoms with Gasteiger partial charge in [-0.2, -0.15) is 0 Å². The molecule has 0 spiro atoms. The van der Waals surface area contributed by atoms with Gasteiger partial charge in [-0.3, -0.25) is 14.5 Å². The van der Waals surface area contributed by atoms with Gasteiger partial charge in [-0.1, -0.05) is 11.6 Å². The van der Waals surface area contributed by atoms with Crippen molar-refractivity contribution in [2.24, 2.45) is 0 Å². The number of phenolic OH excluding ortho intramolecular Hbond substituents is 1. The number of halogens is 1. The van der Waals surface area contributed by atoms with Crippen molar-refractivity contribution < 1.29 is 14.7 Å². The van der Waals surface area contributed by atoms with Crippen LogP contribution in [0.3, 0.4) is 0 Å². The Hall–Kier alpha value is -1.79. The molecule has 1 heterocycles. The fourth-order valence-electron chi connectivity index (χ4n) is 2.66. The Labute approximate surface area is 140 Å². The van der Waals surface area contributed by atoms with Gasteiger partial charge in [0.1, 0.15) is 5.75 Å². The van der Waals surface area contributed by atoms with Crippen molar-refractivity contribution >= 4 is 23.4 Å². The van der Waals surface area contributed by atoms with Gasteiger partial charge in [-0.15, -0.1) is 0 Å². The van der Waals surface area contributed by atoms with E-state index in [0.29, 0.717) is 43.8 Å². The number of phenols is 1. The number of carbonyl (C=O) groups is 2. The minimum absolute atomic E-state index is 0.0553. The van der Waals surface area contributed by atoms with Crippen LogP contribution >= 0.6 is 11.6 Å². The average molecular weight is 338 g/mol. The number of piperazine rings is 1. The first kappa shape index (κ1) is 16.1. The zero-order chi connectivity index (χ0) is 16.4. The maximum absolute atomic E-state index is 12.5. The van der Waals surface area contributed by atoms with Crippen LogP contribution in [0, 0.1) is 0 Å². The fraction of sp³-hybridized carbons (Fsp3) is 0.500. The van der Waals surface area contributed by atoms with Crippen LogP contribution in [0.25, 0.3) is 0 Å². The summed E-state index contributed by atoms with van der Waals surface area (Å²) in [5.74, 6) is -0.238. The third-order valence-electron chi connectivity index (χ3n) is 4.16. The summed E-state index contributed by atoms with van der Waals surface area (Å²) in [6.45, 7) is 2.72. The molecule has 0 bridgehead atoms. The van der Waals surface area contributed by atoms with Gasteiger partial charge >= 0.3 is 0 Å². The normalized spacial score (nSPS) is 18.7. The van der Waals surface area contributed by atoms with Gasteiger partial charge in [0.25, 0.3) is 5.91 Å². The highest BCUT2D eigenvalue weighted by Gasteiger charge is 2.27. The molecule has 0 aromatic heterocycles. The van der Waals surface area contributed by atoms with Gasteiger partial charge in [-0.25, -0.2) is 0 Å². The van der Waals surface area contributed by atoms with Gasteiger partial charge in [0.15, 0.2) is 0 Å². The molecule has 2 amide bonds. The Bertz CT molecular complexity index is 611. The maximum atomic E-state index is 12.5. The molecule has 0 radical (unpaired) electrons. The summed E-state index contributed by atoms with van der Waals surface area (Å²) in [5, 5.41) is 13.2. The monoisotopic (exact) mass is 337 g/mol. The number of nitrogens with one attached hydrogen (secondary N) is 1. The van der Waals surface area contributed by atoms with Crippen LogP contribution in [-0.4, -0.2) is 65.5 Å². The first-order chi connectivity index (χ1) is 11.0. The largest absolute Gasteiger partial charge is 0.507 e. The SMILES string of the molecule is O=C(CN1CCN(C(=O)c2cc(Cl)ccc2O)CC1)NC1CC1. The van der Waals surface area contributed by atoms with E-state index in [2.05, 4.69) is 5.32 Å². The van der Waals surface area contributed by atoms with Crippen molar-refractivity contribution in [3.05, 3.63) is 28.8 Å². The van der Waals surface area contributed by atoms with E-state index in [0.717, 1.165) is 12.8 Å². The highest BCUT2D eigenvalue weighted by molar-refractivity contribution is 6.31. The van der Waals surface area contributed by atoms with E-state index in [1.807, 2.05) is 4.90 Å². The zero-order valence-electron chi connectivity index (χ0n) is 12.8. The quantitative estimate of drug-likeness (QED) is 0.862. The Balaban J connectivity index is 1.52. The number of benzene rings is 1. The Morgan fingerprint density at radius 3 is 2.57 bits per heavy atom. The summed E-state index contributed by atoms with van der Waals surface area (Å²) in [4.78, 5) is 28.0. The first-order valence-electron chi connectivity index (χ1n) is 7.82. The molecule has 0 unspecified atom stereocenters. The lowest BCUT2D eigenvalue weighted by molar-refractivity contribution is -0.122. The lowest BCUT2D eigenvalue weighted by Gasteiger charge is -2.34. The number of hydrogen-bond donors (Lipinski definition) is 2. The number of amides is 2. The standard InChI is InChI=1S/C16H20ClN3O3/c17-11-1-4-14(21)13(9-11)16(23)20-7-5-19(6-8-20)10-15(22)18-12-2-3-12/h1,4,9,12,21H,2-3,5-8,10H2,(H,18,22). The van der Waals surface area contributed by atoms with E-state index in [1.165, 1.54) is 12.1 Å². The highest BCUT2D eigenvalue weighted by atomic mass is 35.5. The van der Waals surface area contributed by atoms with Crippen LogP contribution in [-0.2, 0) is 4.79 Å². The van der Waals surface area contributed by atoms with E-state index >= 15 is 0 Å². The Morgan fingerprint density at radius 1 is 1.22 bits per heavy atom. The number of aromatic hydroxyl groups is 1. The summed E-state index contributed by atoms with van der Waals surface area (Å²) in [7, 11) is 0. The molecular formula is C16H20ClN3O3. The minimum atomic E-state index is -0.230. The number of rotatable bonds is 4. The van der Waals surface area contributed by atoms with Crippen molar-refractivity contribution in [2.75, 3.05) is 32.7 Å². The molecule has 23 heavy (non-hydrogen) atoms. The second-order valence-electron chi connectivity index (χ2n) is 6.07. The van der Waals surface area contributed by atoms with Crippen LogP contribution in [0.4, 0.5) is 0 Å². The van der Waals surface area contributed by atoms with Crippen molar-refractivity contribution in [3.8, 4) is 5.75 Å². The molecule has 1 saturated heterocycles. The van der Waals surface area contributed by atoms with E-state index in [4.69, 9.17) is 11.6 Å². The minimum Gasteiger partial charge on any atom is -0.507 e. The van der Waals surface area contributed by atoms with E-state index in [-0.39, 0.29) is 23.1 Å². The van der Waals surface area contributed by atoms with Crippen molar-refractivity contribution in [1.29, 1.82) is 0 Å². The van der Waals surface area contributed by atoms with Crippen LogP contribution in [0.1, 0.15) is 23.2 Å². The molecule has 6 nitrogen and oxygen atoms in total. The van der Waals surface area contributed by atoms with Crippen LogP contribution in [0.2, 0.25) is 5.02 Å². The molecule has 2 fully saturated rings. The molecule has 124 valence electrons. The van der Waals surface area contributed by atoms with Crippen molar-refractivity contribution in [2.45, 2.75) is 18.9 Å². The molecular weight excluding hydrogens is 318 g/mol. The molecule has 1 aromatic rings. The summed E-state index contributed by atoms with van der Waals surface area (Å²) < 4.78 is 0. The topological polar surface area (TPSA) is 72.9 Å². The van der Waals surface area contributed by atoms with Gasteiger partial charge in [0, 0.05) is 37.2 Å². The Kier molecular flexibility index (Phi) is 4.73. The molecule has 1 aliphatic carbocycles. The van der Waals surface area contributed by atoms with Crippen LogP contribution in [0.15, 0.2) is 18.2 Å². The highest BCUT2D eigenvalue weighted by Crippen LogP contribution is 2.23. The van der Waals surface area contributed by atoms with Gasteiger partial charge in [0.05, 0.1) is 12.1 Å². The smallest absolute Gasteiger partial charge is 0.257 e. The third kappa shape index (κ3) is 4.14. The second-order valence-corrected chi connectivity index (χ2v) is 6.51. The fourth-order valence-corrected chi connectivity index (χ4v) is 2.84. The summed E-state index contributed by atoms with van der Waals surface area (Å²) in [5.41, 5.74) is 0.220. The molecule has 2 N–H and O–H groups in total. The third-order valence-corrected chi connectivity index (χ3v) is 4.39. The molecule has 1 aromatic carbocycles. The molecule has 1 saturated carbocycles. The lowest BCUT2D eigenvalue weighted by atomic mass is 10.1. The van der Waals surface area contributed by atoms with Crippen LogP contribution < -0.4 is 5.32 Å². The molecule has 0 atom stereocenters. The second kappa shape index (κ2) is 6.76. The molecule has 3 rings (SSSR count). The van der Waals surface area contributed by atoms with Crippen LogP contribution in [0.5, 0.6) is 5.75 Å². The maximum Gasteiger partial charge on any atom is 0.257 e. The summed E-state index contributed by atoms with van der Waals surface area (Å²) in [6, 6.07) is 4.82. The molecule has 1 aliphatic heterocycles. The number of hydrogen-bond acceptors (Lipinski definition) is 4. The van der Waals surface area contributed by atoms with E-state index in [9.17, 15) is 14.7 Å². The number of carbonyl (C=O) groups excluding carboxylic acids is 2. The lowest BCUT2D eigenvalue weighted by Crippen LogP contribution is -2.51. The van der Waals surface area contributed by atoms with Gasteiger partial charge in [0.2, 0.25) is 5.91 Å². The van der Waals surface area contributed by atoms with Gasteiger partial charge in [-0.05, 0) is 31.0 Å². The first-order valence-corrected chi connectivity index (χ1v) is 8.20. The van der Waals surface area contributed by atoms with Crippen molar-refractivity contribution in [3.63, 3.8) is 0 Å². The predicted molar refractivity (Wildman–Crippen MR) is 86.6 cm³/mol. The molecule has 2 aliphatic rings. The van der Waals surface area contributed by atoms with Gasteiger partial charge < -0.3 is 15.3 Å². The predicted octanol–water partition coefficient (Wildman–Crippen LogP) is 1.08. The van der Waals surface area contributed by atoms with Crippen molar-refractivity contribution in [1.82, 2.24) is 15.1 Å². The summed E-state index contributed by atoms with van der Waals surface area (Å²) in [6.07, 6.45) is 2.16.